The van der Waals surface area contributed by atoms with Gasteiger partial charge in [-0.15, -0.1) is 0 Å². The molecule has 0 aromatic heterocycles. The minimum atomic E-state index is -1.10. The summed E-state index contributed by atoms with van der Waals surface area (Å²) in [7, 11) is 0. The number of benzene rings is 2. The summed E-state index contributed by atoms with van der Waals surface area (Å²) >= 11 is 0. The van der Waals surface area contributed by atoms with Gasteiger partial charge in [-0.05, 0) is 29.9 Å². The number of hydrogen-bond acceptors (Lipinski definition) is 3. The van der Waals surface area contributed by atoms with Crippen molar-refractivity contribution in [2.45, 2.75) is 38.7 Å². The number of carbonyl (C=O) groups is 2. The lowest BCUT2D eigenvalue weighted by Crippen LogP contribution is -2.41. The van der Waals surface area contributed by atoms with Crippen molar-refractivity contribution in [2.24, 2.45) is 5.92 Å². The minimum absolute atomic E-state index is 0.142. The van der Waals surface area contributed by atoms with E-state index in [-0.39, 0.29) is 11.8 Å². The van der Waals surface area contributed by atoms with Crippen LogP contribution < -0.4 is 10.8 Å². The number of amides is 2. The van der Waals surface area contributed by atoms with E-state index in [0.717, 1.165) is 0 Å². The first-order chi connectivity index (χ1) is 13.5. The van der Waals surface area contributed by atoms with Gasteiger partial charge >= 0.3 is 12.0 Å². The minimum Gasteiger partial charge on any atom is -0.479 e. The fourth-order valence-corrected chi connectivity index (χ4v) is 3.01. The van der Waals surface area contributed by atoms with E-state index in [2.05, 4.69) is 35.1 Å². The molecule has 2 aromatic carbocycles. The molecule has 0 radical (unpaired) electrons. The zero-order valence-electron chi connectivity index (χ0n) is 16.3. The number of urea groups is 1. The Bertz CT molecular complexity index is 695. The van der Waals surface area contributed by atoms with Gasteiger partial charge in [0.1, 0.15) is 0 Å². The monoisotopic (exact) mass is 384 g/mol. The smallest absolute Gasteiger partial charge is 0.338 e. The Morgan fingerprint density at radius 2 is 1.50 bits per heavy atom. The highest BCUT2D eigenvalue weighted by Gasteiger charge is 2.21. The van der Waals surface area contributed by atoms with Crippen LogP contribution in [0.15, 0.2) is 60.7 Å². The van der Waals surface area contributed by atoms with Crippen LogP contribution in [-0.4, -0.2) is 29.8 Å². The molecule has 0 bridgehead atoms. The van der Waals surface area contributed by atoms with E-state index >= 15 is 0 Å². The van der Waals surface area contributed by atoms with Gasteiger partial charge in [-0.25, -0.2) is 15.1 Å². The quantitative estimate of drug-likeness (QED) is 0.542. The van der Waals surface area contributed by atoms with Gasteiger partial charge in [0.2, 0.25) is 0 Å². The molecule has 150 valence electrons. The number of hydrogen-bond donors (Lipinski definition) is 3. The summed E-state index contributed by atoms with van der Waals surface area (Å²) in [4.78, 5) is 28.2. The van der Waals surface area contributed by atoms with Gasteiger partial charge in [-0.3, -0.25) is 4.84 Å². The zero-order chi connectivity index (χ0) is 20.4. The van der Waals surface area contributed by atoms with Crippen molar-refractivity contribution in [1.82, 2.24) is 10.8 Å². The highest BCUT2D eigenvalue weighted by Crippen LogP contribution is 2.27. The molecule has 0 unspecified atom stereocenters. The second kappa shape index (κ2) is 11.1. The van der Waals surface area contributed by atoms with Crippen molar-refractivity contribution in [1.29, 1.82) is 0 Å². The molecule has 6 nitrogen and oxygen atoms in total. The molecule has 0 saturated heterocycles. The molecule has 2 amide bonds. The van der Waals surface area contributed by atoms with Crippen molar-refractivity contribution in [3.05, 3.63) is 71.8 Å². The molecule has 2 aromatic rings. The molecule has 28 heavy (non-hydrogen) atoms. The number of hydroxylamine groups is 1. The van der Waals surface area contributed by atoms with Gasteiger partial charge in [-0.1, -0.05) is 74.5 Å². The number of carbonyl (C=O) groups excluding carboxylic acids is 1. The van der Waals surface area contributed by atoms with Crippen LogP contribution in [0.2, 0.25) is 0 Å². The molecular formula is C22H28N2O4. The Labute approximate surface area is 165 Å². The lowest BCUT2D eigenvalue weighted by Gasteiger charge is -2.19. The van der Waals surface area contributed by atoms with Crippen LogP contribution in [0.25, 0.3) is 0 Å². The van der Waals surface area contributed by atoms with E-state index < -0.39 is 18.1 Å². The van der Waals surface area contributed by atoms with Gasteiger partial charge in [0.25, 0.3) is 0 Å². The van der Waals surface area contributed by atoms with Gasteiger partial charge in [-0.2, -0.15) is 0 Å². The third kappa shape index (κ3) is 7.04. The van der Waals surface area contributed by atoms with Crippen LogP contribution in [0.1, 0.15) is 43.7 Å². The number of carboxylic acid groups (broad SMARTS) is 1. The van der Waals surface area contributed by atoms with E-state index in [1.807, 2.05) is 50.2 Å². The lowest BCUT2D eigenvalue weighted by molar-refractivity contribution is -0.155. The normalized spacial score (nSPS) is 12.0. The van der Waals surface area contributed by atoms with Gasteiger partial charge < -0.3 is 10.4 Å². The van der Waals surface area contributed by atoms with Crippen molar-refractivity contribution in [3.8, 4) is 0 Å². The van der Waals surface area contributed by atoms with E-state index in [9.17, 15) is 9.59 Å². The number of aliphatic carboxylic acids is 1. The maximum Gasteiger partial charge on any atom is 0.338 e. The van der Waals surface area contributed by atoms with Crippen LogP contribution in [0.3, 0.4) is 0 Å². The molecule has 0 fully saturated rings. The van der Waals surface area contributed by atoms with Crippen LogP contribution >= 0.6 is 0 Å². The standard InChI is InChI=1S/C22H28N2O4/c1-16(2)15-20(21(25)26)28-24-22(27)23-14-13-19(17-9-5-3-6-10-17)18-11-7-4-8-12-18/h3-12,16,19-20H,13-15H2,1-2H3,(H,25,26)(H2,23,24,27)/t20-/m1/s1. The average Bonchev–Trinajstić information content (AvgIpc) is 2.69. The van der Waals surface area contributed by atoms with E-state index in [0.29, 0.717) is 19.4 Å². The molecule has 0 aliphatic carbocycles. The lowest BCUT2D eigenvalue weighted by atomic mass is 9.88. The topological polar surface area (TPSA) is 87.7 Å². The second-order valence-electron chi connectivity index (χ2n) is 7.09. The maximum atomic E-state index is 12.0. The Kier molecular flexibility index (Phi) is 8.49. The summed E-state index contributed by atoms with van der Waals surface area (Å²) in [6.07, 6.45) is -0.0395. The van der Waals surface area contributed by atoms with E-state index in [4.69, 9.17) is 9.94 Å². The first-order valence-corrected chi connectivity index (χ1v) is 9.49. The maximum absolute atomic E-state index is 12.0. The van der Waals surface area contributed by atoms with E-state index in [1.54, 1.807) is 0 Å². The summed E-state index contributed by atoms with van der Waals surface area (Å²) in [5, 5.41) is 11.9. The third-order valence-electron chi connectivity index (χ3n) is 4.38. The first-order valence-electron chi connectivity index (χ1n) is 9.49. The summed E-state index contributed by atoms with van der Waals surface area (Å²) in [6, 6.07) is 19.7. The van der Waals surface area contributed by atoms with Crippen molar-refractivity contribution in [2.75, 3.05) is 6.54 Å². The molecule has 0 saturated carbocycles. The summed E-state index contributed by atoms with van der Waals surface area (Å²) in [5.74, 6) is -0.804. The van der Waals surface area contributed by atoms with Crippen LogP contribution in [-0.2, 0) is 9.63 Å². The predicted octanol–water partition coefficient (Wildman–Crippen LogP) is 3.94. The molecule has 6 heteroatoms. The highest BCUT2D eigenvalue weighted by molar-refractivity contribution is 5.74. The number of carboxylic acids is 1. The SMILES string of the molecule is CC(C)C[C@@H](ONC(=O)NCCC(c1ccccc1)c1ccccc1)C(=O)O. The highest BCUT2D eigenvalue weighted by atomic mass is 16.7. The van der Waals surface area contributed by atoms with Gasteiger partial charge in [0.15, 0.2) is 6.10 Å². The van der Waals surface area contributed by atoms with Crippen molar-refractivity contribution >= 4 is 12.0 Å². The predicted molar refractivity (Wildman–Crippen MR) is 108 cm³/mol. The van der Waals surface area contributed by atoms with Gasteiger partial charge in [0, 0.05) is 12.5 Å². The van der Waals surface area contributed by atoms with Crippen LogP contribution in [0.4, 0.5) is 4.79 Å². The number of rotatable bonds is 10. The second-order valence-corrected chi connectivity index (χ2v) is 7.09. The van der Waals surface area contributed by atoms with Crippen molar-refractivity contribution < 1.29 is 19.5 Å². The Hall–Kier alpha value is -2.86. The van der Waals surface area contributed by atoms with Crippen molar-refractivity contribution in [3.63, 3.8) is 0 Å². The number of nitrogens with one attached hydrogen (secondary N) is 2. The van der Waals surface area contributed by atoms with Gasteiger partial charge in [0.05, 0.1) is 0 Å². The fourth-order valence-electron chi connectivity index (χ4n) is 3.01. The van der Waals surface area contributed by atoms with Crippen LogP contribution in [0, 0.1) is 5.92 Å². The summed E-state index contributed by atoms with van der Waals surface area (Å²) in [6.45, 7) is 4.21. The molecule has 0 spiro atoms. The molecule has 1 atom stereocenters. The Morgan fingerprint density at radius 1 is 0.964 bits per heavy atom. The van der Waals surface area contributed by atoms with E-state index in [1.165, 1.54) is 11.1 Å². The largest absolute Gasteiger partial charge is 0.479 e. The molecule has 0 aliphatic rings. The molecular weight excluding hydrogens is 356 g/mol. The fraction of sp³-hybridized carbons (Fsp3) is 0.364. The Morgan fingerprint density at radius 3 is 1.96 bits per heavy atom. The summed E-state index contributed by atoms with van der Waals surface area (Å²) < 4.78 is 0. The molecule has 0 heterocycles. The molecule has 0 aliphatic heterocycles. The first kappa shape index (κ1) is 21.4. The van der Waals surface area contributed by atoms with Crippen LogP contribution in [0.5, 0.6) is 0 Å². The zero-order valence-corrected chi connectivity index (χ0v) is 16.3. The summed E-state index contributed by atoms with van der Waals surface area (Å²) in [5.41, 5.74) is 4.54. The molecule has 3 N–H and O–H groups in total. The molecule has 2 rings (SSSR count). The third-order valence-corrected chi connectivity index (χ3v) is 4.38. The Balaban J connectivity index is 1.88. The average molecular weight is 384 g/mol.